The normalized spacial score (nSPS) is 15.4. The molecule has 1 aliphatic carbocycles. The van der Waals surface area contributed by atoms with E-state index in [2.05, 4.69) is 34.7 Å². The van der Waals surface area contributed by atoms with Gasteiger partial charge in [0.15, 0.2) is 0 Å². The fraction of sp³-hybridized carbons (Fsp3) is 0.385. The molecule has 0 aliphatic heterocycles. The number of aryl methyl sites for hydroxylation is 2. The Morgan fingerprint density at radius 2 is 1.74 bits per heavy atom. The lowest BCUT2D eigenvalue weighted by Gasteiger charge is -2.39. The summed E-state index contributed by atoms with van der Waals surface area (Å²) in [6.45, 7) is 4.21. The number of benzene rings is 2. The predicted molar refractivity (Wildman–Crippen MR) is 120 cm³/mol. The van der Waals surface area contributed by atoms with Crippen molar-refractivity contribution in [1.29, 1.82) is 0 Å². The van der Waals surface area contributed by atoms with Crippen molar-refractivity contribution in [2.24, 2.45) is 0 Å². The summed E-state index contributed by atoms with van der Waals surface area (Å²) in [7, 11) is 0. The number of amides is 1. The lowest BCUT2D eigenvalue weighted by atomic mass is 9.76. The summed E-state index contributed by atoms with van der Waals surface area (Å²) in [5, 5.41) is 7.33. The zero-order valence-electron chi connectivity index (χ0n) is 18.3. The average Bonchev–Trinajstić information content (AvgIpc) is 3.11. The zero-order valence-corrected chi connectivity index (χ0v) is 18.3. The number of rotatable bonds is 7. The summed E-state index contributed by atoms with van der Waals surface area (Å²) < 4.78 is 11.0. The molecule has 162 valence electrons. The minimum absolute atomic E-state index is 0.0649. The molecule has 0 unspecified atom stereocenters. The van der Waals surface area contributed by atoms with Crippen LogP contribution in [-0.4, -0.2) is 11.1 Å². The molecule has 0 spiro atoms. The number of hydrogen-bond acceptors (Lipinski definition) is 4. The quantitative estimate of drug-likeness (QED) is 0.559. The first kappa shape index (κ1) is 21.2. The van der Waals surface area contributed by atoms with Gasteiger partial charge in [0.1, 0.15) is 18.1 Å². The molecular weight excluding hydrogens is 388 g/mol. The molecule has 5 nitrogen and oxygen atoms in total. The predicted octanol–water partition coefficient (Wildman–Crippen LogP) is 5.39. The van der Waals surface area contributed by atoms with E-state index in [1.54, 1.807) is 0 Å². The van der Waals surface area contributed by atoms with Crippen molar-refractivity contribution in [2.45, 2.75) is 64.5 Å². The third-order valence-corrected chi connectivity index (χ3v) is 6.26. The molecule has 0 atom stereocenters. The van der Waals surface area contributed by atoms with E-state index in [0.29, 0.717) is 13.0 Å². The van der Waals surface area contributed by atoms with Crippen molar-refractivity contribution in [1.82, 2.24) is 10.5 Å². The molecule has 1 aromatic heterocycles. The van der Waals surface area contributed by atoms with E-state index in [9.17, 15) is 4.79 Å². The summed E-state index contributed by atoms with van der Waals surface area (Å²) >= 11 is 0. The van der Waals surface area contributed by atoms with Gasteiger partial charge in [-0.05, 0) is 49.9 Å². The molecule has 1 aliphatic rings. The monoisotopic (exact) mass is 418 g/mol. The van der Waals surface area contributed by atoms with Gasteiger partial charge in [0.2, 0.25) is 5.91 Å². The summed E-state index contributed by atoms with van der Waals surface area (Å²) in [5.41, 5.74) is 3.77. The van der Waals surface area contributed by atoms with Crippen LogP contribution in [0.15, 0.2) is 59.1 Å². The highest BCUT2D eigenvalue weighted by molar-refractivity contribution is 5.79. The van der Waals surface area contributed by atoms with Gasteiger partial charge in [-0.3, -0.25) is 4.79 Å². The van der Waals surface area contributed by atoms with E-state index >= 15 is 0 Å². The number of nitrogens with one attached hydrogen (secondary N) is 1. The molecule has 4 rings (SSSR count). The van der Waals surface area contributed by atoms with Gasteiger partial charge in [-0.25, -0.2) is 0 Å². The lowest BCUT2D eigenvalue weighted by molar-refractivity contribution is -0.123. The van der Waals surface area contributed by atoms with Crippen LogP contribution in [0.1, 0.15) is 60.2 Å². The van der Waals surface area contributed by atoms with Gasteiger partial charge < -0.3 is 14.6 Å². The first-order valence-corrected chi connectivity index (χ1v) is 11.1. The fourth-order valence-electron chi connectivity index (χ4n) is 4.46. The van der Waals surface area contributed by atoms with Gasteiger partial charge in [0, 0.05) is 0 Å². The second-order valence-electron chi connectivity index (χ2n) is 8.47. The van der Waals surface area contributed by atoms with E-state index in [1.807, 2.05) is 44.2 Å². The van der Waals surface area contributed by atoms with Gasteiger partial charge in [0.05, 0.1) is 23.2 Å². The third kappa shape index (κ3) is 4.98. The van der Waals surface area contributed by atoms with Crippen LogP contribution in [0.4, 0.5) is 0 Å². The summed E-state index contributed by atoms with van der Waals surface area (Å²) in [4.78, 5) is 12.9. The fourth-order valence-corrected chi connectivity index (χ4v) is 4.46. The van der Waals surface area contributed by atoms with E-state index < -0.39 is 0 Å². The van der Waals surface area contributed by atoms with Crippen LogP contribution in [0.2, 0.25) is 0 Å². The number of carbonyl (C=O) groups excluding carboxylic acids is 1. The maximum atomic E-state index is 12.9. The van der Waals surface area contributed by atoms with Crippen LogP contribution >= 0.6 is 0 Å². The van der Waals surface area contributed by atoms with E-state index in [4.69, 9.17) is 9.26 Å². The van der Waals surface area contributed by atoms with E-state index in [0.717, 1.165) is 54.0 Å². The molecule has 0 saturated heterocycles. The molecule has 1 saturated carbocycles. The molecule has 2 aromatic carbocycles. The SMILES string of the molecule is Cc1noc(C)c1COc1ccc(CC(=O)NC2(c3ccccc3)CCCCC2)cc1. The Kier molecular flexibility index (Phi) is 6.40. The molecule has 31 heavy (non-hydrogen) atoms. The Bertz CT molecular complexity index is 983. The highest BCUT2D eigenvalue weighted by atomic mass is 16.5. The van der Waals surface area contributed by atoms with Crippen LogP contribution in [-0.2, 0) is 23.4 Å². The topological polar surface area (TPSA) is 64.4 Å². The Hall–Kier alpha value is -3.08. The van der Waals surface area contributed by atoms with Gasteiger partial charge >= 0.3 is 0 Å². The minimum Gasteiger partial charge on any atom is -0.489 e. The Labute approximate surface area is 183 Å². The van der Waals surface area contributed by atoms with Crippen LogP contribution in [0.5, 0.6) is 5.75 Å². The summed E-state index contributed by atoms with van der Waals surface area (Å²) in [6, 6.07) is 18.1. The molecule has 3 aromatic rings. The summed E-state index contributed by atoms with van der Waals surface area (Å²) in [6.07, 6.45) is 5.88. The molecule has 1 fully saturated rings. The Balaban J connectivity index is 1.38. The number of aromatic nitrogens is 1. The van der Waals surface area contributed by atoms with Gasteiger partial charge in [-0.15, -0.1) is 0 Å². The molecular formula is C26H30N2O3. The maximum absolute atomic E-state index is 12.9. The number of carbonyl (C=O) groups is 1. The van der Waals surface area contributed by atoms with Gasteiger partial charge in [-0.2, -0.15) is 0 Å². The number of hydrogen-bond donors (Lipinski definition) is 1. The highest BCUT2D eigenvalue weighted by Gasteiger charge is 2.35. The molecule has 0 radical (unpaired) electrons. The Morgan fingerprint density at radius 1 is 1.03 bits per heavy atom. The molecule has 1 amide bonds. The first-order valence-electron chi connectivity index (χ1n) is 11.1. The Morgan fingerprint density at radius 3 is 2.39 bits per heavy atom. The third-order valence-electron chi connectivity index (χ3n) is 6.26. The van der Waals surface area contributed by atoms with Crippen molar-refractivity contribution < 1.29 is 14.1 Å². The van der Waals surface area contributed by atoms with Crippen molar-refractivity contribution in [3.8, 4) is 5.75 Å². The van der Waals surface area contributed by atoms with Crippen molar-refractivity contribution >= 4 is 5.91 Å². The first-order chi connectivity index (χ1) is 15.1. The molecule has 0 bridgehead atoms. The molecule has 1 heterocycles. The van der Waals surface area contributed by atoms with E-state index in [1.165, 1.54) is 12.0 Å². The van der Waals surface area contributed by atoms with Crippen LogP contribution in [0.25, 0.3) is 0 Å². The highest BCUT2D eigenvalue weighted by Crippen LogP contribution is 2.37. The van der Waals surface area contributed by atoms with Crippen molar-refractivity contribution in [2.75, 3.05) is 0 Å². The second-order valence-corrected chi connectivity index (χ2v) is 8.47. The van der Waals surface area contributed by atoms with Gasteiger partial charge in [-0.1, -0.05) is 66.9 Å². The zero-order chi connectivity index (χ0) is 21.7. The van der Waals surface area contributed by atoms with E-state index in [-0.39, 0.29) is 11.4 Å². The smallest absolute Gasteiger partial charge is 0.225 e. The second kappa shape index (κ2) is 9.38. The van der Waals surface area contributed by atoms with Crippen LogP contribution in [0.3, 0.4) is 0 Å². The summed E-state index contributed by atoms with van der Waals surface area (Å²) in [5.74, 6) is 1.60. The standard InChI is InChI=1S/C26H30N2O3/c1-19-24(20(2)31-28-19)18-30-23-13-11-21(12-14-23)17-25(29)27-26(15-7-4-8-16-26)22-9-5-3-6-10-22/h3,5-6,9-14H,4,7-8,15-18H2,1-2H3,(H,27,29). The molecule has 5 heteroatoms. The van der Waals surface area contributed by atoms with Crippen molar-refractivity contribution in [3.63, 3.8) is 0 Å². The average molecular weight is 419 g/mol. The number of ether oxygens (including phenoxy) is 1. The minimum atomic E-state index is -0.242. The van der Waals surface area contributed by atoms with Crippen molar-refractivity contribution in [3.05, 3.63) is 82.7 Å². The largest absolute Gasteiger partial charge is 0.489 e. The number of nitrogens with zero attached hydrogens (tertiary/aromatic N) is 1. The maximum Gasteiger partial charge on any atom is 0.225 e. The van der Waals surface area contributed by atoms with Gasteiger partial charge in [0.25, 0.3) is 0 Å². The molecule has 1 N–H and O–H groups in total. The van der Waals surface area contributed by atoms with Crippen LogP contribution in [0, 0.1) is 13.8 Å². The lowest BCUT2D eigenvalue weighted by Crippen LogP contribution is -2.47. The van der Waals surface area contributed by atoms with Crippen LogP contribution < -0.4 is 10.1 Å².